The molecule has 0 fully saturated rings. The maximum Gasteiger partial charge on any atom is 0.341 e. The summed E-state index contributed by atoms with van der Waals surface area (Å²) < 4.78 is 8.18. The minimum absolute atomic E-state index is 0.00366. The van der Waals surface area contributed by atoms with Gasteiger partial charge in [0.25, 0.3) is 0 Å². The third kappa shape index (κ3) is 2.82. The Hall–Kier alpha value is -3.12. The van der Waals surface area contributed by atoms with Crippen molar-refractivity contribution in [3.05, 3.63) is 68.6 Å². The molecule has 0 unspecified atom stereocenters. The molecule has 4 aromatic rings. The fraction of sp³-hybridized carbons (Fsp3) is 0.250. The number of fused-ring (bicyclic) bond motifs is 5. The van der Waals surface area contributed by atoms with Crippen LogP contribution in [-0.2, 0) is 6.42 Å². The van der Waals surface area contributed by atoms with E-state index >= 15 is 0 Å². The van der Waals surface area contributed by atoms with Gasteiger partial charge in [0, 0.05) is 29.3 Å². The van der Waals surface area contributed by atoms with Crippen LogP contribution in [0.25, 0.3) is 33.6 Å². The lowest BCUT2D eigenvalue weighted by Gasteiger charge is -2.37. The van der Waals surface area contributed by atoms with E-state index in [4.69, 9.17) is 4.42 Å². The Balaban J connectivity index is 1.77. The minimum Gasteiger partial charge on any atom is -0.477 e. The van der Waals surface area contributed by atoms with Crippen molar-refractivity contribution in [2.45, 2.75) is 33.2 Å². The number of aromatic nitrogens is 1. The Bertz CT molecular complexity index is 1350. The van der Waals surface area contributed by atoms with Gasteiger partial charge < -0.3 is 14.1 Å². The van der Waals surface area contributed by atoms with E-state index in [-0.39, 0.29) is 17.0 Å². The summed E-state index contributed by atoms with van der Waals surface area (Å²) in [6.45, 7) is 6.38. The lowest BCUT2D eigenvalue weighted by molar-refractivity contribution is 0.0693. The number of carboxylic acid groups (broad SMARTS) is 1. The zero-order valence-electron chi connectivity index (χ0n) is 16.9. The number of thiophene rings is 1. The first kappa shape index (κ1) is 18.9. The summed E-state index contributed by atoms with van der Waals surface area (Å²) in [5.41, 5.74) is 3.86. The third-order valence-corrected chi connectivity index (χ3v) is 6.61. The molecule has 1 atom stereocenters. The highest BCUT2D eigenvalue weighted by molar-refractivity contribution is 7.08. The van der Waals surface area contributed by atoms with Crippen LogP contribution in [0.4, 0.5) is 0 Å². The van der Waals surface area contributed by atoms with E-state index in [2.05, 4.69) is 44.4 Å². The van der Waals surface area contributed by atoms with Gasteiger partial charge in [-0.05, 0) is 45.9 Å². The standard InChI is InChI=1S/C24H21NO4S/c1-24(2,3)21-9-16-15-5-4-13(14-6-7-30-12-14)8-20(15)29-22(16)18-10-19(26)17(23(27)28)11-25(18)21/h4-8,10-12,21H,9H2,1-3H3,(H,27,28)/t21-/m0/s1. The molecular weight excluding hydrogens is 398 g/mol. The monoisotopic (exact) mass is 419 g/mol. The molecule has 5 nitrogen and oxygen atoms in total. The summed E-state index contributed by atoms with van der Waals surface area (Å²) in [6, 6.07) is 9.70. The molecule has 0 amide bonds. The summed E-state index contributed by atoms with van der Waals surface area (Å²) in [5, 5.41) is 14.6. The third-order valence-electron chi connectivity index (χ3n) is 5.92. The van der Waals surface area contributed by atoms with Gasteiger partial charge in [0.05, 0.1) is 5.69 Å². The fourth-order valence-corrected chi connectivity index (χ4v) is 5.00. The molecule has 1 N–H and O–H groups in total. The second-order valence-corrected chi connectivity index (χ2v) is 9.65. The van der Waals surface area contributed by atoms with Gasteiger partial charge >= 0.3 is 5.97 Å². The normalized spacial score (nSPS) is 15.8. The van der Waals surface area contributed by atoms with Crippen molar-refractivity contribution >= 4 is 28.3 Å². The van der Waals surface area contributed by atoms with E-state index in [1.807, 2.05) is 16.0 Å². The average molecular weight is 420 g/mol. The predicted molar refractivity (Wildman–Crippen MR) is 118 cm³/mol. The van der Waals surface area contributed by atoms with Gasteiger partial charge in [0.15, 0.2) is 11.2 Å². The van der Waals surface area contributed by atoms with Crippen LogP contribution in [0.1, 0.15) is 42.7 Å². The molecule has 0 saturated carbocycles. The zero-order valence-corrected chi connectivity index (χ0v) is 17.7. The van der Waals surface area contributed by atoms with Gasteiger partial charge in [0.1, 0.15) is 11.1 Å². The lowest BCUT2D eigenvalue weighted by atomic mass is 9.79. The molecule has 1 aliphatic heterocycles. The first-order valence-electron chi connectivity index (χ1n) is 9.82. The number of rotatable bonds is 2. The Labute approximate surface area is 177 Å². The number of carboxylic acids is 1. The number of hydrogen-bond acceptors (Lipinski definition) is 4. The van der Waals surface area contributed by atoms with Crippen molar-refractivity contribution in [1.82, 2.24) is 4.57 Å². The number of furan rings is 1. The van der Waals surface area contributed by atoms with Crippen molar-refractivity contribution < 1.29 is 14.3 Å². The summed E-state index contributed by atoms with van der Waals surface area (Å²) in [6.07, 6.45) is 2.18. The van der Waals surface area contributed by atoms with Crippen molar-refractivity contribution in [1.29, 1.82) is 0 Å². The van der Waals surface area contributed by atoms with Crippen molar-refractivity contribution in [3.8, 4) is 22.6 Å². The minimum atomic E-state index is -1.21. The number of benzene rings is 1. The largest absolute Gasteiger partial charge is 0.477 e. The molecule has 0 saturated heterocycles. The molecule has 0 aliphatic carbocycles. The molecule has 1 aromatic carbocycles. The van der Waals surface area contributed by atoms with E-state index < -0.39 is 11.4 Å². The molecule has 3 aromatic heterocycles. The zero-order chi connectivity index (χ0) is 21.2. The predicted octanol–water partition coefficient (Wildman–Crippen LogP) is 5.83. The quantitative estimate of drug-likeness (QED) is 0.444. The second-order valence-electron chi connectivity index (χ2n) is 8.87. The van der Waals surface area contributed by atoms with Crippen LogP contribution in [0.15, 0.2) is 56.5 Å². The highest BCUT2D eigenvalue weighted by Crippen LogP contribution is 2.46. The summed E-state index contributed by atoms with van der Waals surface area (Å²) in [7, 11) is 0. The van der Waals surface area contributed by atoms with Gasteiger partial charge in [0.2, 0.25) is 0 Å². The van der Waals surface area contributed by atoms with E-state index in [0.29, 0.717) is 17.9 Å². The first-order chi connectivity index (χ1) is 14.2. The molecule has 0 spiro atoms. The van der Waals surface area contributed by atoms with E-state index in [1.54, 1.807) is 11.3 Å². The van der Waals surface area contributed by atoms with Crippen LogP contribution in [0, 0.1) is 5.41 Å². The summed E-state index contributed by atoms with van der Waals surface area (Å²) in [4.78, 5) is 24.1. The topological polar surface area (TPSA) is 72.4 Å². The Morgan fingerprint density at radius 1 is 1.20 bits per heavy atom. The second kappa shape index (κ2) is 6.44. The molecular formula is C24H21NO4S. The number of carbonyl (C=O) groups is 1. The van der Waals surface area contributed by atoms with Gasteiger partial charge in [-0.15, -0.1) is 0 Å². The van der Waals surface area contributed by atoms with E-state index in [9.17, 15) is 14.7 Å². The first-order valence-corrected chi connectivity index (χ1v) is 10.8. The van der Waals surface area contributed by atoms with Crippen LogP contribution in [-0.4, -0.2) is 15.6 Å². The fourth-order valence-electron chi connectivity index (χ4n) is 4.33. The SMILES string of the molecule is CC(C)(C)[C@@H]1Cc2c(oc3cc(-c4ccsc4)ccc23)-c2cc(=O)c(C(=O)O)cn21. The number of nitrogens with zero attached hydrogens (tertiary/aromatic N) is 1. The highest BCUT2D eigenvalue weighted by atomic mass is 32.1. The van der Waals surface area contributed by atoms with Crippen LogP contribution in [0.5, 0.6) is 0 Å². The molecule has 152 valence electrons. The maximum absolute atomic E-state index is 12.5. The highest BCUT2D eigenvalue weighted by Gasteiger charge is 2.36. The molecule has 0 bridgehead atoms. The van der Waals surface area contributed by atoms with Gasteiger partial charge in [-0.3, -0.25) is 4.79 Å². The Morgan fingerprint density at radius 2 is 2.00 bits per heavy atom. The maximum atomic E-state index is 12.5. The van der Waals surface area contributed by atoms with Crippen molar-refractivity contribution in [2.75, 3.05) is 0 Å². The number of pyridine rings is 1. The summed E-state index contributed by atoms with van der Waals surface area (Å²) in [5.74, 6) is -0.555. The van der Waals surface area contributed by atoms with Crippen molar-refractivity contribution in [3.63, 3.8) is 0 Å². The lowest BCUT2D eigenvalue weighted by Crippen LogP contribution is -2.32. The molecule has 4 heterocycles. The van der Waals surface area contributed by atoms with Gasteiger partial charge in [-0.25, -0.2) is 4.79 Å². The van der Waals surface area contributed by atoms with Crippen LogP contribution < -0.4 is 5.43 Å². The summed E-state index contributed by atoms with van der Waals surface area (Å²) >= 11 is 1.65. The number of aromatic carboxylic acids is 1. The van der Waals surface area contributed by atoms with E-state index in [1.165, 1.54) is 12.3 Å². The molecule has 0 radical (unpaired) electrons. The van der Waals surface area contributed by atoms with Crippen LogP contribution in [0.2, 0.25) is 0 Å². The smallest absolute Gasteiger partial charge is 0.341 e. The molecule has 6 heteroatoms. The molecule has 1 aliphatic rings. The molecule has 5 rings (SSSR count). The van der Waals surface area contributed by atoms with Gasteiger partial charge in [-0.1, -0.05) is 32.9 Å². The number of hydrogen-bond donors (Lipinski definition) is 1. The van der Waals surface area contributed by atoms with Crippen molar-refractivity contribution in [2.24, 2.45) is 5.41 Å². The average Bonchev–Trinajstić information content (AvgIpc) is 3.33. The van der Waals surface area contributed by atoms with E-state index in [0.717, 1.165) is 27.7 Å². The Morgan fingerprint density at radius 3 is 2.67 bits per heavy atom. The van der Waals surface area contributed by atoms with Crippen LogP contribution in [0.3, 0.4) is 0 Å². The molecule has 30 heavy (non-hydrogen) atoms. The van der Waals surface area contributed by atoms with Gasteiger partial charge in [-0.2, -0.15) is 11.3 Å². The Kier molecular flexibility index (Phi) is 4.05. The van der Waals surface area contributed by atoms with Crippen LogP contribution >= 0.6 is 11.3 Å².